The number of hydrogen-bond acceptors (Lipinski definition) is 1. The molecule has 0 atom stereocenters. The number of nitrogens with one attached hydrogen (secondary N) is 1. The van der Waals surface area contributed by atoms with Gasteiger partial charge in [-0.1, -0.05) is 36.4 Å². The van der Waals surface area contributed by atoms with Gasteiger partial charge in [0.25, 0.3) is 0 Å². The molecule has 0 bridgehead atoms. The van der Waals surface area contributed by atoms with Crippen LogP contribution in [0.3, 0.4) is 0 Å². The molecule has 0 aliphatic heterocycles. The Morgan fingerprint density at radius 1 is 1.16 bits per heavy atom. The van der Waals surface area contributed by atoms with E-state index in [0.29, 0.717) is 6.42 Å². The van der Waals surface area contributed by atoms with Gasteiger partial charge in [-0.15, -0.1) is 0 Å². The fourth-order valence-electron chi connectivity index (χ4n) is 1.85. The monoisotopic (exact) mass is 317 g/mol. The first-order valence-electron chi connectivity index (χ1n) is 6.25. The quantitative estimate of drug-likeness (QED) is 0.893. The molecule has 0 aliphatic rings. The van der Waals surface area contributed by atoms with Crippen LogP contribution in [0, 0.1) is 6.92 Å². The minimum Gasteiger partial charge on any atom is -0.325 e. The molecule has 19 heavy (non-hydrogen) atoms. The van der Waals surface area contributed by atoms with E-state index in [0.717, 1.165) is 22.1 Å². The zero-order valence-corrected chi connectivity index (χ0v) is 12.4. The number of hydrogen-bond donors (Lipinski definition) is 1. The number of rotatable bonds is 4. The summed E-state index contributed by atoms with van der Waals surface area (Å²) in [6, 6.07) is 15.9. The maximum Gasteiger partial charge on any atom is 0.224 e. The highest BCUT2D eigenvalue weighted by Gasteiger charge is 2.06. The van der Waals surface area contributed by atoms with E-state index < -0.39 is 0 Å². The summed E-state index contributed by atoms with van der Waals surface area (Å²) in [6.45, 7) is 2.01. The molecular formula is C16H16BrNO. The number of carbonyl (C=O) groups excluding carboxylic acids is 1. The predicted octanol–water partition coefficient (Wildman–Crippen LogP) is 4.33. The topological polar surface area (TPSA) is 29.1 Å². The van der Waals surface area contributed by atoms with Gasteiger partial charge in [-0.3, -0.25) is 4.79 Å². The molecule has 0 saturated heterocycles. The van der Waals surface area contributed by atoms with Crippen molar-refractivity contribution in [3.63, 3.8) is 0 Å². The molecule has 1 amide bonds. The molecule has 0 aliphatic carbocycles. The van der Waals surface area contributed by atoms with Crippen molar-refractivity contribution < 1.29 is 4.79 Å². The third-order valence-corrected chi connectivity index (χ3v) is 3.57. The average molecular weight is 318 g/mol. The van der Waals surface area contributed by atoms with Gasteiger partial charge in [0.1, 0.15) is 0 Å². The molecule has 1 N–H and O–H groups in total. The lowest BCUT2D eigenvalue weighted by Crippen LogP contribution is -2.12. The van der Waals surface area contributed by atoms with Crippen LogP contribution in [0.5, 0.6) is 0 Å². The highest BCUT2D eigenvalue weighted by Crippen LogP contribution is 2.23. The van der Waals surface area contributed by atoms with Gasteiger partial charge in [0.05, 0.1) is 5.69 Å². The molecule has 0 saturated carbocycles. The number of aryl methyl sites for hydroxylation is 2. The lowest BCUT2D eigenvalue weighted by atomic mass is 10.1. The molecule has 0 unspecified atom stereocenters. The SMILES string of the molecule is Cc1ccc(Br)c(NC(=O)CCc2ccccc2)c1. The zero-order chi connectivity index (χ0) is 13.7. The summed E-state index contributed by atoms with van der Waals surface area (Å²) in [5, 5.41) is 2.94. The molecule has 0 heterocycles. The maximum atomic E-state index is 11.9. The molecule has 2 rings (SSSR count). The molecule has 2 aromatic carbocycles. The first kappa shape index (κ1) is 13.8. The van der Waals surface area contributed by atoms with Crippen molar-refractivity contribution in [3.05, 3.63) is 64.1 Å². The van der Waals surface area contributed by atoms with E-state index in [2.05, 4.69) is 21.2 Å². The predicted molar refractivity (Wildman–Crippen MR) is 82.3 cm³/mol. The van der Waals surface area contributed by atoms with Gasteiger partial charge in [0.15, 0.2) is 0 Å². The lowest BCUT2D eigenvalue weighted by Gasteiger charge is -2.08. The van der Waals surface area contributed by atoms with Crippen LogP contribution in [0.2, 0.25) is 0 Å². The minimum atomic E-state index is 0.0372. The van der Waals surface area contributed by atoms with E-state index in [-0.39, 0.29) is 5.91 Å². The van der Waals surface area contributed by atoms with E-state index in [1.165, 1.54) is 5.56 Å². The molecule has 0 radical (unpaired) electrons. The van der Waals surface area contributed by atoms with Gasteiger partial charge in [-0.25, -0.2) is 0 Å². The lowest BCUT2D eigenvalue weighted by molar-refractivity contribution is -0.116. The van der Waals surface area contributed by atoms with Crippen LogP contribution in [0.25, 0.3) is 0 Å². The van der Waals surface area contributed by atoms with Crippen LogP contribution < -0.4 is 5.32 Å². The van der Waals surface area contributed by atoms with Crippen molar-refractivity contribution in [2.24, 2.45) is 0 Å². The number of amides is 1. The smallest absolute Gasteiger partial charge is 0.224 e. The Morgan fingerprint density at radius 2 is 1.89 bits per heavy atom. The number of carbonyl (C=O) groups is 1. The van der Waals surface area contributed by atoms with Gasteiger partial charge < -0.3 is 5.32 Å². The van der Waals surface area contributed by atoms with Gasteiger partial charge in [0, 0.05) is 10.9 Å². The van der Waals surface area contributed by atoms with Crippen LogP contribution in [-0.4, -0.2) is 5.91 Å². The normalized spacial score (nSPS) is 10.2. The molecule has 2 aromatic rings. The molecule has 0 fully saturated rings. The van der Waals surface area contributed by atoms with Crippen LogP contribution in [0.1, 0.15) is 17.5 Å². The van der Waals surface area contributed by atoms with Crippen molar-refractivity contribution in [3.8, 4) is 0 Å². The third kappa shape index (κ3) is 4.21. The molecule has 2 nitrogen and oxygen atoms in total. The maximum absolute atomic E-state index is 11.9. The van der Waals surface area contributed by atoms with Crippen LogP contribution in [-0.2, 0) is 11.2 Å². The first-order chi connectivity index (χ1) is 9.15. The average Bonchev–Trinajstić information content (AvgIpc) is 2.42. The van der Waals surface area contributed by atoms with E-state index in [1.807, 2.05) is 55.5 Å². The van der Waals surface area contributed by atoms with E-state index in [1.54, 1.807) is 0 Å². The Hall–Kier alpha value is -1.61. The van der Waals surface area contributed by atoms with Crippen molar-refractivity contribution >= 4 is 27.5 Å². The van der Waals surface area contributed by atoms with Crippen molar-refractivity contribution in [2.75, 3.05) is 5.32 Å². The summed E-state index contributed by atoms with van der Waals surface area (Å²) in [7, 11) is 0. The van der Waals surface area contributed by atoms with Crippen LogP contribution >= 0.6 is 15.9 Å². The van der Waals surface area contributed by atoms with Crippen molar-refractivity contribution in [1.82, 2.24) is 0 Å². The summed E-state index contributed by atoms with van der Waals surface area (Å²) in [5.74, 6) is 0.0372. The first-order valence-corrected chi connectivity index (χ1v) is 7.04. The number of halogens is 1. The highest BCUT2D eigenvalue weighted by molar-refractivity contribution is 9.10. The van der Waals surface area contributed by atoms with Crippen LogP contribution in [0.15, 0.2) is 53.0 Å². The van der Waals surface area contributed by atoms with Gasteiger partial charge in [-0.2, -0.15) is 0 Å². The number of benzene rings is 2. The minimum absolute atomic E-state index is 0.0372. The second kappa shape index (κ2) is 6.53. The Kier molecular flexibility index (Phi) is 4.74. The Morgan fingerprint density at radius 3 is 2.63 bits per heavy atom. The molecular weight excluding hydrogens is 302 g/mol. The zero-order valence-electron chi connectivity index (χ0n) is 10.8. The Bertz CT molecular complexity index is 566. The summed E-state index contributed by atoms with van der Waals surface area (Å²) < 4.78 is 0.908. The fraction of sp³-hybridized carbons (Fsp3) is 0.188. The van der Waals surface area contributed by atoms with E-state index >= 15 is 0 Å². The standard InChI is InChI=1S/C16H16BrNO/c1-12-7-9-14(17)15(11-12)18-16(19)10-8-13-5-3-2-4-6-13/h2-7,9,11H,8,10H2,1H3,(H,18,19). The summed E-state index contributed by atoms with van der Waals surface area (Å²) >= 11 is 3.44. The molecule has 0 spiro atoms. The van der Waals surface area contributed by atoms with Gasteiger partial charge in [-0.05, 0) is 52.5 Å². The summed E-state index contributed by atoms with van der Waals surface area (Å²) in [5.41, 5.74) is 3.14. The molecule has 3 heteroatoms. The largest absolute Gasteiger partial charge is 0.325 e. The second-order valence-corrected chi connectivity index (χ2v) is 5.37. The second-order valence-electron chi connectivity index (χ2n) is 4.52. The Balaban J connectivity index is 1.93. The van der Waals surface area contributed by atoms with Gasteiger partial charge in [0.2, 0.25) is 5.91 Å². The van der Waals surface area contributed by atoms with Crippen molar-refractivity contribution in [2.45, 2.75) is 19.8 Å². The third-order valence-electron chi connectivity index (χ3n) is 2.88. The van der Waals surface area contributed by atoms with E-state index in [4.69, 9.17) is 0 Å². The van der Waals surface area contributed by atoms with Gasteiger partial charge >= 0.3 is 0 Å². The van der Waals surface area contributed by atoms with E-state index in [9.17, 15) is 4.79 Å². The van der Waals surface area contributed by atoms with Crippen LogP contribution in [0.4, 0.5) is 5.69 Å². The highest BCUT2D eigenvalue weighted by atomic mass is 79.9. The number of anilines is 1. The Labute approximate surface area is 122 Å². The molecule has 98 valence electrons. The van der Waals surface area contributed by atoms with Crippen molar-refractivity contribution in [1.29, 1.82) is 0 Å². The summed E-state index contributed by atoms with van der Waals surface area (Å²) in [4.78, 5) is 11.9. The fourth-order valence-corrected chi connectivity index (χ4v) is 2.20. The summed E-state index contributed by atoms with van der Waals surface area (Å²) in [6.07, 6.45) is 1.25. The molecule has 0 aromatic heterocycles.